The first-order chi connectivity index (χ1) is 10.8. The molecule has 0 bridgehead atoms. The molecule has 22 heavy (non-hydrogen) atoms. The molecule has 2 heteroatoms. The Morgan fingerprint density at radius 2 is 1.50 bits per heavy atom. The molecular formula is C20H36N2. The van der Waals surface area contributed by atoms with Gasteiger partial charge in [0, 0.05) is 6.04 Å². The zero-order valence-electron chi connectivity index (χ0n) is 14.5. The minimum atomic E-state index is 0.302. The van der Waals surface area contributed by atoms with E-state index in [-0.39, 0.29) is 0 Å². The van der Waals surface area contributed by atoms with E-state index in [1.165, 1.54) is 68.9 Å². The van der Waals surface area contributed by atoms with Crippen LogP contribution in [0.4, 0.5) is 0 Å². The second-order valence-corrected chi connectivity index (χ2v) is 6.46. The summed E-state index contributed by atoms with van der Waals surface area (Å²) in [5.41, 5.74) is 14.0. The summed E-state index contributed by atoms with van der Waals surface area (Å²) in [5.74, 6) is 0. The maximum absolute atomic E-state index is 5.85. The molecule has 1 aromatic carbocycles. The Balaban J connectivity index is 0.000000222. The number of nitrogens with two attached hydrogens (primary N) is 2. The van der Waals surface area contributed by atoms with E-state index in [9.17, 15) is 0 Å². The maximum atomic E-state index is 5.85. The van der Waals surface area contributed by atoms with Crippen molar-refractivity contribution in [3.63, 3.8) is 0 Å². The van der Waals surface area contributed by atoms with Crippen LogP contribution >= 0.6 is 0 Å². The topological polar surface area (TPSA) is 52.0 Å². The van der Waals surface area contributed by atoms with Crippen LogP contribution < -0.4 is 11.5 Å². The lowest BCUT2D eigenvalue weighted by Crippen LogP contribution is -2.04. The molecule has 0 saturated carbocycles. The Bertz CT molecular complexity index is 366. The molecule has 4 N–H and O–H groups in total. The van der Waals surface area contributed by atoms with Crippen molar-refractivity contribution < 1.29 is 0 Å². The molecule has 1 atom stereocenters. The minimum absolute atomic E-state index is 0.302. The molecule has 0 amide bonds. The monoisotopic (exact) mass is 304 g/mol. The van der Waals surface area contributed by atoms with Gasteiger partial charge in [0.2, 0.25) is 0 Å². The predicted octanol–water partition coefficient (Wildman–Crippen LogP) is 5.11. The van der Waals surface area contributed by atoms with Gasteiger partial charge in [-0.3, -0.25) is 0 Å². The number of rotatable bonds is 9. The predicted molar refractivity (Wildman–Crippen MR) is 98.0 cm³/mol. The van der Waals surface area contributed by atoms with E-state index in [0.29, 0.717) is 6.04 Å². The lowest BCUT2D eigenvalue weighted by atomic mass is 10.1. The molecule has 1 aromatic rings. The number of fused-ring (bicyclic) bond motifs is 1. The number of hydrogen-bond acceptors (Lipinski definition) is 2. The largest absolute Gasteiger partial charge is 0.330 e. The molecule has 1 aliphatic rings. The molecular weight excluding hydrogens is 268 g/mol. The molecule has 0 aliphatic heterocycles. The first kappa shape index (κ1) is 19.2. The third-order valence-electron chi connectivity index (χ3n) is 4.49. The van der Waals surface area contributed by atoms with Crippen LogP contribution in [0.15, 0.2) is 24.3 Å². The Kier molecular flexibility index (Phi) is 11.0. The normalized spacial score (nSPS) is 16.0. The number of hydrogen-bond donors (Lipinski definition) is 2. The van der Waals surface area contributed by atoms with Crippen LogP contribution in [0.2, 0.25) is 0 Å². The molecule has 2 rings (SSSR count). The van der Waals surface area contributed by atoms with Crippen LogP contribution in [-0.2, 0) is 6.42 Å². The lowest BCUT2D eigenvalue weighted by Gasteiger charge is -2.01. The van der Waals surface area contributed by atoms with Crippen molar-refractivity contribution in [3.8, 4) is 0 Å². The lowest BCUT2D eigenvalue weighted by molar-refractivity contribution is 0.567. The van der Waals surface area contributed by atoms with Gasteiger partial charge in [0.25, 0.3) is 0 Å². The van der Waals surface area contributed by atoms with Crippen molar-refractivity contribution in [2.45, 2.75) is 83.6 Å². The summed E-state index contributed by atoms with van der Waals surface area (Å²) in [6.45, 7) is 3.14. The summed E-state index contributed by atoms with van der Waals surface area (Å²) >= 11 is 0. The smallest absolute Gasteiger partial charge is 0.0300 e. The van der Waals surface area contributed by atoms with E-state index < -0.39 is 0 Å². The first-order valence-electron chi connectivity index (χ1n) is 9.33. The summed E-state index contributed by atoms with van der Waals surface area (Å²) in [5, 5.41) is 0. The van der Waals surface area contributed by atoms with Crippen LogP contribution in [0.1, 0.15) is 88.3 Å². The van der Waals surface area contributed by atoms with Gasteiger partial charge >= 0.3 is 0 Å². The quantitative estimate of drug-likeness (QED) is 0.623. The van der Waals surface area contributed by atoms with Crippen molar-refractivity contribution >= 4 is 0 Å². The summed E-state index contributed by atoms with van der Waals surface area (Å²) in [6, 6.07) is 8.74. The van der Waals surface area contributed by atoms with E-state index in [4.69, 9.17) is 11.5 Å². The third-order valence-corrected chi connectivity index (χ3v) is 4.49. The average Bonchev–Trinajstić information content (AvgIpc) is 2.93. The molecule has 0 radical (unpaired) electrons. The van der Waals surface area contributed by atoms with Gasteiger partial charge in [0.1, 0.15) is 0 Å². The van der Waals surface area contributed by atoms with Crippen molar-refractivity contribution in [1.29, 1.82) is 0 Å². The van der Waals surface area contributed by atoms with Crippen LogP contribution in [0.5, 0.6) is 0 Å². The van der Waals surface area contributed by atoms with E-state index >= 15 is 0 Å². The average molecular weight is 305 g/mol. The molecule has 0 fully saturated rings. The highest BCUT2D eigenvalue weighted by atomic mass is 14.6. The van der Waals surface area contributed by atoms with Gasteiger partial charge in [-0.15, -0.1) is 0 Å². The number of benzene rings is 1. The van der Waals surface area contributed by atoms with E-state index in [1.54, 1.807) is 0 Å². The van der Waals surface area contributed by atoms with Gasteiger partial charge in [-0.1, -0.05) is 82.6 Å². The van der Waals surface area contributed by atoms with Crippen LogP contribution in [-0.4, -0.2) is 6.54 Å². The maximum Gasteiger partial charge on any atom is 0.0300 e. The summed E-state index contributed by atoms with van der Waals surface area (Å²) in [4.78, 5) is 0. The molecule has 0 heterocycles. The first-order valence-corrected chi connectivity index (χ1v) is 9.33. The van der Waals surface area contributed by atoms with Gasteiger partial charge in [-0.2, -0.15) is 0 Å². The minimum Gasteiger partial charge on any atom is -0.330 e. The van der Waals surface area contributed by atoms with Crippen LogP contribution in [0.3, 0.4) is 0 Å². The van der Waals surface area contributed by atoms with Gasteiger partial charge in [0.15, 0.2) is 0 Å². The highest BCUT2D eigenvalue weighted by Crippen LogP contribution is 2.28. The molecule has 1 aliphatic carbocycles. The van der Waals surface area contributed by atoms with Crippen molar-refractivity contribution in [2.75, 3.05) is 6.54 Å². The Morgan fingerprint density at radius 3 is 2.09 bits per heavy atom. The highest BCUT2D eigenvalue weighted by molar-refractivity contribution is 5.33. The van der Waals surface area contributed by atoms with E-state index in [1.807, 2.05) is 0 Å². The van der Waals surface area contributed by atoms with Crippen molar-refractivity contribution in [2.24, 2.45) is 11.5 Å². The SMILES string of the molecule is CCCCCCCCCCCN.NC1CCc2ccccc21. The van der Waals surface area contributed by atoms with Gasteiger partial charge in [-0.05, 0) is 36.9 Å². The summed E-state index contributed by atoms with van der Waals surface area (Å²) in [6.07, 6.45) is 14.7. The zero-order chi connectivity index (χ0) is 16.0. The Hall–Kier alpha value is -0.860. The standard InChI is InChI=1S/C11H25N.C9H11N/c1-2-3-4-5-6-7-8-9-10-11-12;10-9-6-5-7-3-1-2-4-8(7)9/h2-12H2,1H3;1-4,9H,5-6,10H2. The second kappa shape index (κ2) is 12.7. The van der Waals surface area contributed by atoms with E-state index in [0.717, 1.165) is 19.4 Å². The fraction of sp³-hybridized carbons (Fsp3) is 0.700. The Morgan fingerprint density at radius 1 is 0.909 bits per heavy atom. The van der Waals surface area contributed by atoms with Gasteiger partial charge < -0.3 is 11.5 Å². The number of aryl methyl sites for hydroxylation is 1. The van der Waals surface area contributed by atoms with Crippen LogP contribution in [0.25, 0.3) is 0 Å². The number of unbranched alkanes of at least 4 members (excludes halogenated alkanes) is 8. The molecule has 2 nitrogen and oxygen atoms in total. The highest BCUT2D eigenvalue weighted by Gasteiger charge is 2.16. The summed E-state index contributed by atoms with van der Waals surface area (Å²) < 4.78 is 0. The van der Waals surface area contributed by atoms with Gasteiger partial charge in [-0.25, -0.2) is 0 Å². The van der Waals surface area contributed by atoms with E-state index in [2.05, 4.69) is 31.2 Å². The molecule has 126 valence electrons. The second-order valence-electron chi connectivity index (χ2n) is 6.46. The molecule has 0 aromatic heterocycles. The molecule has 0 saturated heterocycles. The fourth-order valence-corrected chi connectivity index (χ4v) is 3.05. The van der Waals surface area contributed by atoms with Crippen molar-refractivity contribution in [1.82, 2.24) is 0 Å². The molecule has 0 spiro atoms. The van der Waals surface area contributed by atoms with Crippen molar-refractivity contribution in [3.05, 3.63) is 35.4 Å². The Labute approximate surface area is 137 Å². The van der Waals surface area contributed by atoms with Crippen LogP contribution in [0, 0.1) is 0 Å². The third kappa shape index (κ3) is 7.95. The fourth-order valence-electron chi connectivity index (χ4n) is 3.05. The summed E-state index contributed by atoms with van der Waals surface area (Å²) in [7, 11) is 0. The van der Waals surface area contributed by atoms with Gasteiger partial charge in [0.05, 0.1) is 0 Å². The molecule has 1 unspecified atom stereocenters. The zero-order valence-corrected chi connectivity index (χ0v) is 14.5.